The Kier molecular flexibility index (Phi) is 6.37. The maximum absolute atomic E-state index is 5.00. The summed E-state index contributed by atoms with van der Waals surface area (Å²) >= 11 is 0. The first kappa shape index (κ1) is 20.7. The average molecular weight is 421 g/mol. The number of anilines is 2. The fourth-order valence-electron chi connectivity index (χ4n) is 5.20. The normalized spacial score (nSPS) is 19.9. The standard InChI is InChI=1S/C25H36N6/c1-2-28-16-18-30(19-17-28)23-8-6-21(7-9-23)24-26-20-22-10-15-31(25(22)27-24)14-5-13-29-11-3-4-12-29/h6-9,20H,2-5,10-19H2,1H3. The molecule has 0 saturated carbocycles. The van der Waals surface area contributed by atoms with Crippen molar-refractivity contribution in [3.8, 4) is 11.4 Å². The van der Waals surface area contributed by atoms with Gasteiger partial charge in [0.15, 0.2) is 5.82 Å². The van der Waals surface area contributed by atoms with E-state index in [2.05, 4.69) is 57.0 Å². The van der Waals surface area contributed by atoms with Gasteiger partial charge in [-0.05, 0) is 76.1 Å². The summed E-state index contributed by atoms with van der Waals surface area (Å²) in [5.41, 5.74) is 3.72. The number of fused-ring (bicyclic) bond motifs is 1. The molecule has 166 valence electrons. The smallest absolute Gasteiger partial charge is 0.161 e. The first-order valence-corrected chi connectivity index (χ1v) is 12.2. The van der Waals surface area contributed by atoms with Crippen molar-refractivity contribution < 1.29 is 0 Å². The molecule has 2 fully saturated rings. The van der Waals surface area contributed by atoms with Crippen LogP contribution in [0.1, 0.15) is 31.7 Å². The van der Waals surface area contributed by atoms with Gasteiger partial charge in [0.1, 0.15) is 5.82 Å². The molecule has 2 saturated heterocycles. The summed E-state index contributed by atoms with van der Waals surface area (Å²) in [6.07, 6.45) is 7.09. The van der Waals surface area contributed by atoms with Gasteiger partial charge in [-0.1, -0.05) is 6.92 Å². The lowest BCUT2D eigenvalue weighted by molar-refractivity contribution is 0.271. The van der Waals surface area contributed by atoms with Crippen molar-refractivity contribution in [2.24, 2.45) is 0 Å². The predicted molar refractivity (Wildman–Crippen MR) is 128 cm³/mol. The van der Waals surface area contributed by atoms with E-state index in [1.807, 2.05) is 0 Å². The molecule has 2 aromatic rings. The predicted octanol–water partition coefficient (Wildman–Crippen LogP) is 3.13. The second kappa shape index (κ2) is 9.53. The minimum atomic E-state index is 0.854. The zero-order valence-electron chi connectivity index (χ0n) is 19.0. The summed E-state index contributed by atoms with van der Waals surface area (Å²) < 4.78 is 0. The molecule has 0 N–H and O–H groups in total. The zero-order valence-corrected chi connectivity index (χ0v) is 19.0. The van der Waals surface area contributed by atoms with Gasteiger partial charge < -0.3 is 19.6 Å². The Bertz CT molecular complexity index is 853. The number of aromatic nitrogens is 2. The molecule has 5 rings (SSSR count). The lowest BCUT2D eigenvalue weighted by Gasteiger charge is -2.35. The van der Waals surface area contributed by atoms with Gasteiger partial charge >= 0.3 is 0 Å². The summed E-state index contributed by atoms with van der Waals surface area (Å²) in [6.45, 7) is 13.9. The molecule has 3 aliphatic heterocycles. The Labute approximate surface area is 186 Å². The van der Waals surface area contributed by atoms with Gasteiger partial charge in [0, 0.05) is 62.3 Å². The summed E-state index contributed by atoms with van der Waals surface area (Å²) in [5, 5.41) is 0. The first-order chi connectivity index (χ1) is 15.3. The van der Waals surface area contributed by atoms with Crippen LogP contribution in [-0.2, 0) is 6.42 Å². The van der Waals surface area contributed by atoms with E-state index in [1.165, 1.54) is 50.1 Å². The molecule has 0 aliphatic carbocycles. The van der Waals surface area contributed by atoms with Gasteiger partial charge in [0.05, 0.1) is 0 Å². The van der Waals surface area contributed by atoms with Gasteiger partial charge in [0.25, 0.3) is 0 Å². The van der Waals surface area contributed by atoms with Crippen LogP contribution in [0, 0.1) is 0 Å². The van der Waals surface area contributed by atoms with Crippen LogP contribution in [0.15, 0.2) is 30.5 Å². The van der Waals surface area contributed by atoms with E-state index >= 15 is 0 Å². The molecular formula is C25H36N6. The highest BCUT2D eigenvalue weighted by atomic mass is 15.3. The van der Waals surface area contributed by atoms with Crippen LogP contribution in [0.3, 0.4) is 0 Å². The minimum Gasteiger partial charge on any atom is -0.369 e. The third-order valence-corrected chi connectivity index (χ3v) is 7.20. The molecule has 6 heteroatoms. The third kappa shape index (κ3) is 4.70. The van der Waals surface area contributed by atoms with Gasteiger partial charge in [-0.15, -0.1) is 0 Å². The average Bonchev–Trinajstić information content (AvgIpc) is 3.49. The van der Waals surface area contributed by atoms with Crippen LogP contribution >= 0.6 is 0 Å². The fourth-order valence-corrected chi connectivity index (χ4v) is 5.20. The van der Waals surface area contributed by atoms with Crippen LogP contribution in [0.5, 0.6) is 0 Å². The molecule has 0 atom stereocenters. The summed E-state index contributed by atoms with van der Waals surface area (Å²) in [7, 11) is 0. The second-order valence-corrected chi connectivity index (χ2v) is 9.15. The largest absolute Gasteiger partial charge is 0.369 e. The molecule has 0 unspecified atom stereocenters. The van der Waals surface area contributed by atoms with E-state index < -0.39 is 0 Å². The van der Waals surface area contributed by atoms with Crippen LogP contribution in [0.2, 0.25) is 0 Å². The van der Waals surface area contributed by atoms with Crippen molar-refractivity contribution in [1.29, 1.82) is 0 Å². The monoisotopic (exact) mass is 420 g/mol. The number of hydrogen-bond acceptors (Lipinski definition) is 6. The minimum absolute atomic E-state index is 0.854. The molecule has 0 radical (unpaired) electrons. The highest BCUT2D eigenvalue weighted by Crippen LogP contribution is 2.29. The van der Waals surface area contributed by atoms with Crippen molar-refractivity contribution in [3.63, 3.8) is 0 Å². The number of piperazine rings is 1. The second-order valence-electron chi connectivity index (χ2n) is 9.15. The summed E-state index contributed by atoms with van der Waals surface area (Å²) in [5.74, 6) is 2.01. The lowest BCUT2D eigenvalue weighted by Crippen LogP contribution is -2.46. The SMILES string of the molecule is CCN1CCN(c2ccc(-c3ncc4c(n3)N(CCCN3CCCC3)CC4)cc2)CC1. The number of hydrogen-bond donors (Lipinski definition) is 0. The van der Waals surface area contributed by atoms with Crippen molar-refractivity contribution in [2.45, 2.75) is 32.6 Å². The summed E-state index contributed by atoms with van der Waals surface area (Å²) in [4.78, 5) is 19.8. The Morgan fingerprint density at radius 3 is 2.35 bits per heavy atom. The van der Waals surface area contributed by atoms with Crippen LogP contribution < -0.4 is 9.80 Å². The van der Waals surface area contributed by atoms with E-state index in [1.54, 1.807) is 0 Å². The maximum Gasteiger partial charge on any atom is 0.161 e. The van der Waals surface area contributed by atoms with Gasteiger partial charge in [-0.2, -0.15) is 0 Å². The first-order valence-electron chi connectivity index (χ1n) is 12.2. The van der Waals surface area contributed by atoms with Crippen molar-refractivity contribution in [2.75, 3.05) is 75.2 Å². The molecule has 0 bridgehead atoms. The molecule has 31 heavy (non-hydrogen) atoms. The molecule has 0 spiro atoms. The fraction of sp³-hybridized carbons (Fsp3) is 0.600. The highest BCUT2D eigenvalue weighted by molar-refractivity contribution is 5.63. The number of nitrogens with zero attached hydrogens (tertiary/aromatic N) is 6. The number of rotatable bonds is 7. The number of likely N-dealkylation sites (tertiary alicyclic amines) is 1. The van der Waals surface area contributed by atoms with E-state index in [0.717, 1.165) is 69.4 Å². The Hall–Kier alpha value is -2.18. The molecule has 1 aromatic carbocycles. The molecule has 3 aliphatic rings. The Morgan fingerprint density at radius 2 is 1.61 bits per heavy atom. The zero-order chi connectivity index (χ0) is 21.0. The quantitative estimate of drug-likeness (QED) is 0.685. The van der Waals surface area contributed by atoms with E-state index in [0.29, 0.717) is 0 Å². The van der Waals surface area contributed by atoms with Gasteiger partial charge in [-0.25, -0.2) is 9.97 Å². The van der Waals surface area contributed by atoms with E-state index in [4.69, 9.17) is 9.97 Å². The maximum atomic E-state index is 5.00. The van der Waals surface area contributed by atoms with Gasteiger partial charge in [0.2, 0.25) is 0 Å². The van der Waals surface area contributed by atoms with Crippen LogP contribution in [-0.4, -0.2) is 85.2 Å². The Morgan fingerprint density at radius 1 is 0.839 bits per heavy atom. The van der Waals surface area contributed by atoms with Crippen LogP contribution in [0.4, 0.5) is 11.5 Å². The van der Waals surface area contributed by atoms with Crippen molar-refractivity contribution in [3.05, 3.63) is 36.0 Å². The molecule has 4 heterocycles. The third-order valence-electron chi connectivity index (χ3n) is 7.20. The number of likely N-dealkylation sites (N-methyl/N-ethyl adjacent to an activating group) is 1. The Balaban J connectivity index is 1.23. The van der Waals surface area contributed by atoms with E-state index in [-0.39, 0.29) is 0 Å². The van der Waals surface area contributed by atoms with Gasteiger partial charge in [-0.3, -0.25) is 0 Å². The lowest BCUT2D eigenvalue weighted by atomic mass is 10.1. The summed E-state index contributed by atoms with van der Waals surface area (Å²) in [6, 6.07) is 8.86. The molecule has 0 amide bonds. The number of benzene rings is 1. The van der Waals surface area contributed by atoms with Crippen LogP contribution in [0.25, 0.3) is 11.4 Å². The molecule has 6 nitrogen and oxygen atoms in total. The van der Waals surface area contributed by atoms with Crippen molar-refractivity contribution in [1.82, 2.24) is 19.8 Å². The van der Waals surface area contributed by atoms with Crippen molar-refractivity contribution >= 4 is 11.5 Å². The van der Waals surface area contributed by atoms with E-state index in [9.17, 15) is 0 Å². The molecular weight excluding hydrogens is 384 g/mol. The highest BCUT2D eigenvalue weighted by Gasteiger charge is 2.22. The molecule has 1 aromatic heterocycles. The topological polar surface area (TPSA) is 38.7 Å².